The van der Waals surface area contributed by atoms with Gasteiger partial charge in [0.25, 0.3) is 17.7 Å². The summed E-state index contributed by atoms with van der Waals surface area (Å²) in [6, 6.07) is 14.9. The Morgan fingerprint density at radius 3 is 2.50 bits per heavy atom. The minimum Gasteiger partial charge on any atom is -0.483 e. The second-order valence-electron chi connectivity index (χ2n) is 14.3. The number of carbonyl (C=O) groups excluding carboxylic acids is 4. The molecule has 54 heavy (non-hydrogen) atoms. The summed E-state index contributed by atoms with van der Waals surface area (Å²) in [6.07, 6.45) is 8.93. The molecule has 8 rings (SSSR count). The van der Waals surface area contributed by atoms with Gasteiger partial charge < -0.3 is 20.1 Å². The second-order valence-corrected chi connectivity index (χ2v) is 14.3. The molecule has 2 aromatic carbocycles. The Bertz CT molecular complexity index is 2010. The molecule has 2 aromatic heterocycles. The first-order valence-electron chi connectivity index (χ1n) is 18.9. The number of benzene rings is 2. The van der Waals surface area contributed by atoms with Crippen LogP contribution in [0, 0.1) is 0 Å². The quantitative estimate of drug-likeness (QED) is 0.162. The van der Waals surface area contributed by atoms with Crippen molar-refractivity contribution in [3.05, 3.63) is 72.2 Å². The third kappa shape index (κ3) is 7.30. The largest absolute Gasteiger partial charge is 0.483 e. The van der Waals surface area contributed by atoms with E-state index in [-0.39, 0.29) is 35.3 Å². The van der Waals surface area contributed by atoms with Gasteiger partial charge in [-0.2, -0.15) is 5.10 Å². The maximum atomic E-state index is 13.2. The molecular weight excluding hydrogens is 690 g/mol. The smallest absolute Gasteiger partial charge is 0.266 e. The lowest BCUT2D eigenvalue weighted by molar-refractivity contribution is -0.126. The number of hydrogen-bond acceptors (Lipinski definition) is 11. The molecule has 1 aliphatic carbocycles. The highest BCUT2D eigenvalue weighted by atomic mass is 16.5. The number of nitrogens with one attached hydrogen (secondary N) is 2. The van der Waals surface area contributed by atoms with Crippen molar-refractivity contribution >= 4 is 34.7 Å². The predicted molar refractivity (Wildman–Crippen MR) is 197 cm³/mol. The lowest BCUT2D eigenvalue weighted by atomic mass is 9.90. The number of piperazine rings is 1. The predicted octanol–water partition coefficient (Wildman–Crippen LogP) is 2.64. The highest BCUT2D eigenvalue weighted by molar-refractivity contribution is 6.24. The summed E-state index contributed by atoms with van der Waals surface area (Å²) in [6.45, 7) is 5.18. The van der Waals surface area contributed by atoms with E-state index in [0.29, 0.717) is 51.4 Å². The second kappa shape index (κ2) is 16.0. The molecule has 0 bridgehead atoms. The third-order valence-electron chi connectivity index (χ3n) is 11.0. The molecule has 0 radical (unpaired) electrons. The van der Waals surface area contributed by atoms with E-state index in [1.54, 1.807) is 18.5 Å². The molecule has 2 saturated heterocycles. The van der Waals surface area contributed by atoms with Gasteiger partial charge in [0.15, 0.2) is 12.3 Å². The van der Waals surface area contributed by atoms with Crippen LogP contribution >= 0.6 is 0 Å². The number of aromatic nitrogens is 4. The van der Waals surface area contributed by atoms with Crippen molar-refractivity contribution in [2.45, 2.75) is 56.7 Å². The number of hydrogen-bond donors (Lipinski definition) is 2. The lowest BCUT2D eigenvalue weighted by Gasteiger charge is -2.41. The summed E-state index contributed by atoms with van der Waals surface area (Å²) in [5.74, 6) is -1.68. The highest BCUT2D eigenvalue weighted by Crippen LogP contribution is 2.36. The van der Waals surface area contributed by atoms with Gasteiger partial charge in [0.1, 0.15) is 23.8 Å². The minimum absolute atomic E-state index is 0.0842. The molecule has 0 spiro atoms. The standard InChI is InChI=1S/C39H45N9O6/c49-33(23-54-32-10-4-8-29-34(32)39(52)47(38(29)51)31-9-5-15-42-37(31)50)41-16-21-53-25-45-17-19-46(20-18-45)27-11-13-28(14-12-27)48-36-30(22-40-24-43-36)35(44-48)26-6-2-1-3-7-26/h1-4,6-8,10,22,24,27-28,31H,5,9,11-21,23,25H2,(H,41,49)(H,42,50). The van der Waals surface area contributed by atoms with Gasteiger partial charge in [-0.25, -0.2) is 14.6 Å². The van der Waals surface area contributed by atoms with Crippen LogP contribution in [0.5, 0.6) is 5.75 Å². The van der Waals surface area contributed by atoms with Crippen LogP contribution in [0.1, 0.15) is 65.3 Å². The Hall–Kier alpha value is -5.25. The van der Waals surface area contributed by atoms with Crippen molar-refractivity contribution < 1.29 is 28.7 Å². The number of carbonyl (C=O) groups is 4. The van der Waals surface area contributed by atoms with Crippen LogP contribution in [0.2, 0.25) is 0 Å². The fourth-order valence-electron chi connectivity index (χ4n) is 8.20. The average molecular weight is 736 g/mol. The van der Waals surface area contributed by atoms with Crippen LogP contribution < -0.4 is 15.4 Å². The van der Waals surface area contributed by atoms with Crippen LogP contribution in [0.3, 0.4) is 0 Å². The fourth-order valence-corrected chi connectivity index (χ4v) is 8.20. The Kier molecular flexibility index (Phi) is 10.6. The molecule has 1 saturated carbocycles. The monoisotopic (exact) mass is 735 g/mol. The Balaban J connectivity index is 0.735. The van der Waals surface area contributed by atoms with Gasteiger partial charge in [-0.3, -0.25) is 33.9 Å². The number of rotatable bonds is 12. The molecule has 282 valence electrons. The van der Waals surface area contributed by atoms with E-state index >= 15 is 0 Å². The van der Waals surface area contributed by atoms with E-state index in [0.717, 1.165) is 79.1 Å². The maximum absolute atomic E-state index is 13.2. The van der Waals surface area contributed by atoms with Crippen LogP contribution in [0.25, 0.3) is 22.3 Å². The molecule has 4 aliphatic rings. The van der Waals surface area contributed by atoms with Gasteiger partial charge in [0.05, 0.1) is 35.9 Å². The number of fused-ring (bicyclic) bond motifs is 2. The zero-order valence-electron chi connectivity index (χ0n) is 30.2. The normalized spacial score (nSPS) is 22.3. The van der Waals surface area contributed by atoms with Gasteiger partial charge in [0.2, 0.25) is 5.91 Å². The van der Waals surface area contributed by atoms with Gasteiger partial charge in [-0.05, 0) is 50.7 Å². The van der Waals surface area contributed by atoms with E-state index in [4.69, 9.17) is 14.6 Å². The van der Waals surface area contributed by atoms with Crippen molar-refractivity contribution in [1.29, 1.82) is 0 Å². The molecule has 5 heterocycles. The molecule has 4 amide bonds. The lowest BCUT2D eigenvalue weighted by Crippen LogP contribution is -2.52. The average Bonchev–Trinajstić information content (AvgIpc) is 3.72. The molecule has 15 nitrogen and oxygen atoms in total. The molecule has 3 aliphatic heterocycles. The molecule has 1 atom stereocenters. The van der Waals surface area contributed by atoms with E-state index in [2.05, 4.69) is 47.2 Å². The zero-order chi connectivity index (χ0) is 37.0. The Labute approximate surface area is 313 Å². The van der Waals surface area contributed by atoms with Crippen LogP contribution in [-0.4, -0.2) is 129 Å². The highest BCUT2D eigenvalue weighted by Gasteiger charge is 2.45. The zero-order valence-corrected chi connectivity index (χ0v) is 30.2. The van der Waals surface area contributed by atoms with Crippen LogP contribution in [0.4, 0.5) is 0 Å². The fraction of sp³-hybridized carbons (Fsp3) is 0.462. The van der Waals surface area contributed by atoms with Gasteiger partial charge in [-0.15, -0.1) is 0 Å². The van der Waals surface area contributed by atoms with Gasteiger partial charge in [0, 0.05) is 57.1 Å². The Morgan fingerprint density at radius 2 is 1.70 bits per heavy atom. The first kappa shape index (κ1) is 35.8. The van der Waals surface area contributed by atoms with E-state index < -0.39 is 17.9 Å². The number of piperidine rings is 1. The van der Waals surface area contributed by atoms with E-state index in [9.17, 15) is 19.2 Å². The Morgan fingerprint density at radius 1 is 0.907 bits per heavy atom. The van der Waals surface area contributed by atoms with Crippen molar-refractivity contribution in [3.8, 4) is 17.0 Å². The molecule has 4 aromatic rings. The molecule has 1 unspecified atom stereocenters. The summed E-state index contributed by atoms with van der Waals surface area (Å²) < 4.78 is 13.7. The van der Waals surface area contributed by atoms with Crippen molar-refractivity contribution in [2.75, 3.05) is 59.2 Å². The molecule has 15 heteroatoms. The van der Waals surface area contributed by atoms with Gasteiger partial charge >= 0.3 is 0 Å². The summed E-state index contributed by atoms with van der Waals surface area (Å²) in [7, 11) is 0. The van der Waals surface area contributed by atoms with Crippen molar-refractivity contribution in [3.63, 3.8) is 0 Å². The topological polar surface area (TPSA) is 164 Å². The molecular formula is C39H45N9O6. The number of ether oxygens (including phenoxy) is 2. The first-order chi connectivity index (χ1) is 26.5. The number of nitrogens with zero attached hydrogens (tertiary/aromatic N) is 7. The summed E-state index contributed by atoms with van der Waals surface area (Å²) in [5, 5.41) is 11.5. The van der Waals surface area contributed by atoms with E-state index in [1.807, 2.05) is 24.4 Å². The maximum Gasteiger partial charge on any atom is 0.266 e. The van der Waals surface area contributed by atoms with Crippen LogP contribution in [0.15, 0.2) is 61.1 Å². The van der Waals surface area contributed by atoms with Gasteiger partial charge in [-0.1, -0.05) is 36.4 Å². The summed E-state index contributed by atoms with van der Waals surface area (Å²) >= 11 is 0. The van der Waals surface area contributed by atoms with Crippen LogP contribution in [-0.2, 0) is 14.3 Å². The van der Waals surface area contributed by atoms with E-state index in [1.165, 1.54) is 6.07 Å². The minimum atomic E-state index is -0.849. The third-order valence-corrected chi connectivity index (χ3v) is 11.0. The van der Waals surface area contributed by atoms with Crippen molar-refractivity contribution in [2.24, 2.45) is 0 Å². The first-order valence-corrected chi connectivity index (χ1v) is 18.9. The summed E-state index contributed by atoms with van der Waals surface area (Å²) in [5.41, 5.74) is 3.17. The SMILES string of the molecule is O=C(COc1cccc2c1C(=O)N(C1CCCNC1=O)C2=O)NCCOCN1CCN(C2CCC(n3nc(-c4ccccc4)c4cncnc43)CC2)CC1. The van der Waals surface area contributed by atoms with Crippen molar-refractivity contribution in [1.82, 2.24) is 45.1 Å². The number of amides is 4. The molecule has 2 N–H and O–H groups in total. The number of imide groups is 1. The summed E-state index contributed by atoms with van der Waals surface area (Å²) in [4.78, 5) is 66.0. The molecule has 3 fully saturated rings.